The number of hydroxylamine groups is 2. The van der Waals surface area contributed by atoms with Crippen LogP contribution in [0.1, 0.15) is 60.4 Å². The van der Waals surface area contributed by atoms with Crippen molar-refractivity contribution in [2.45, 2.75) is 52.0 Å². The van der Waals surface area contributed by atoms with Crippen LogP contribution < -0.4 is 5.56 Å². The van der Waals surface area contributed by atoms with Crippen LogP contribution in [0.15, 0.2) is 47.3 Å². The zero-order chi connectivity index (χ0) is 28.6. The highest BCUT2D eigenvalue weighted by Gasteiger charge is 2.39. The van der Waals surface area contributed by atoms with Gasteiger partial charge < -0.3 is 0 Å². The number of amides is 1. The molecular weight excluding hydrogens is 511 g/mol. The van der Waals surface area contributed by atoms with Crippen molar-refractivity contribution in [2.24, 2.45) is 5.92 Å². The molecule has 5 rings (SSSR count). The third-order valence-electron chi connectivity index (χ3n) is 7.67. The number of carbonyl (C=O) groups is 1. The summed E-state index contributed by atoms with van der Waals surface area (Å²) in [6.07, 6.45) is 2.37. The summed E-state index contributed by atoms with van der Waals surface area (Å²) in [5, 5.41) is 15.3. The quantitative estimate of drug-likeness (QED) is 0.306. The molecule has 1 fully saturated rings. The molecule has 9 nitrogen and oxygen atoms in total. The first-order valence-corrected chi connectivity index (χ1v) is 13.4. The number of nitriles is 1. The van der Waals surface area contributed by atoms with Gasteiger partial charge in [-0.05, 0) is 55.0 Å². The Morgan fingerprint density at radius 3 is 2.67 bits per heavy atom. The molecule has 0 saturated heterocycles. The third-order valence-corrected chi connectivity index (χ3v) is 7.67. The topological polar surface area (TPSA) is 106 Å². The number of rotatable bonds is 8. The molecule has 1 aliphatic rings. The molecule has 40 heavy (non-hydrogen) atoms. The maximum Gasteiger partial charge on any atom is 0.259 e. The van der Waals surface area contributed by atoms with E-state index in [0.29, 0.717) is 64.4 Å². The maximum absolute atomic E-state index is 15.5. The van der Waals surface area contributed by atoms with Crippen LogP contribution in [-0.2, 0) is 22.5 Å². The zero-order valence-electron chi connectivity index (χ0n) is 23.0. The summed E-state index contributed by atoms with van der Waals surface area (Å²) in [6, 6.07) is 13.8. The van der Waals surface area contributed by atoms with Crippen molar-refractivity contribution in [3.63, 3.8) is 0 Å². The lowest BCUT2D eigenvalue weighted by Gasteiger charge is -2.37. The molecule has 0 bridgehead atoms. The largest absolute Gasteiger partial charge is 0.275 e. The monoisotopic (exact) mass is 542 g/mol. The van der Waals surface area contributed by atoms with Gasteiger partial charge in [0.05, 0.1) is 24.4 Å². The fourth-order valence-electron chi connectivity index (χ4n) is 5.46. The molecule has 0 N–H and O–H groups in total. The number of benzene rings is 2. The fraction of sp³-hybridized carbons (Fsp3) is 0.367. The molecule has 0 spiro atoms. The number of fused-ring (bicyclic) bond motifs is 1. The van der Waals surface area contributed by atoms with Crippen molar-refractivity contribution in [1.29, 1.82) is 5.26 Å². The number of carbonyl (C=O) groups excluding carboxylic acids is 1. The molecule has 1 saturated carbocycles. The number of nitrogens with zero attached hydrogens (tertiary/aromatic N) is 6. The molecule has 2 heterocycles. The number of aromatic nitrogens is 4. The molecule has 4 aromatic rings. The van der Waals surface area contributed by atoms with Crippen LogP contribution >= 0.6 is 0 Å². The highest BCUT2D eigenvalue weighted by molar-refractivity contribution is 5.78. The van der Waals surface area contributed by atoms with Gasteiger partial charge in [0.15, 0.2) is 0 Å². The van der Waals surface area contributed by atoms with Gasteiger partial charge in [-0.1, -0.05) is 43.7 Å². The predicted octanol–water partition coefficient (Wildman–Crippen LogP) is 4.39. The normalized spacial score (nSPS) is 16.5. The standard InChI is InChI=1S/C30H31FN6O3/c1-5-8-27-25(15-20-12-11-19(16-26(20)31)24-10-7-6-9-21(24)17-32)29(39)36(30-33-18(2)34-37(27)30)23-13-22(14-23)28(38)35(3)40-4/h6-7,9-12,16,22-23H,5,8,13-15H2,1-4H3. The average Bonchev–Trinajstić information content (AvgIpc) is 3.32. The van der Waals surface area contributed by atoms with Crippen molar-refractivity contribution >= 4 is 11.7 Å². The molecule has 0 radical (unpaired) electrons. The summed E-state index contributed by atoms with van der Waals surface area (Å²) >= 11 is 0. The van der Waals surface area contributed by atoms with Gasteiger partial charge in [0.2, 0.25) is 11.7 Å². The van der Waals surface area contributed by atoms with Gasteiger partial charge in [-0.2, -0.15) is 15.3 Å². The van der Waals surface area contributed by atoms with Crippen molar-refractivity contribution < 1.29 is 14.0 Å². The van der Waals surface area contributed by atoms with Gasteiger partial charge in [-0.25, -0.2) is 14.0 Å². The Morgan fingerprint density at radius 2 is 2.00 bits per heavy atom. The fourth-order valence-corrected chi connectivity index (χ4v) is 5.46. The lowest BCUT2D eigenvalue weighted by Crippen LogP contribution is -2.43. The molecule has 206 valence electrons. The van der Waals surface area contributed by atoms with Crippen LogP contribution in [0, 0.1) is 30.0 Å². The maximum atomic E-state index is 15.5. The van der Waals surface area contributed by atoms with Crippen LogP contribution in [0.3, 0.4) is 0 Å². The zero-order valence-corrected chi connectivity index (χ0v) is 23.0. The molecule has 2 aromatic carbocycles. The smallest absolute Gasteiger partial charge is 0.259 e. The Hall–Kier alpha value is -4.36. The third kappa shape index (κ3) is 4.77. The van der Waals surface area contributed by atoms with Crippen molar-refractivity contribution in [3.8, 4) is 17.2 Å². The minimum atomic E-state index is -0.453. The Kier molecular flexibility index (Phi) is 7.50. The number of hydrogen-bond donors (Lipinski definition) is 0. The molecule has 1 amide bonds. The predicted molar refractivity (Wildman–Crippen MR) is 147 cm³/mol. The van der Waals surface area contributed by atoms with E-state index in [-0.39, 0.29) is 29.8 Å². The number of aryl methyl sites for hydroxylation is 2. The van der Waals surface area contributed by atoms with E-state index in [1.807, 2.05) is 13.0 Å². The minimum Gasteiger partial charge on any atom is -0.275 e. The van der Waals surface area contributed by atoms with Gasteiger partial charge >= 0.3 is 0 Å². The second kappa shape index (κ2) is 11.0. The van der Waals surface area contributed by atoms with E-state index in [4.69, 9.17) is 4.84 Å². The summed E-state index contributed by atoms with van der Waals surface area (Å²) in [6.45, 7) is 3.79. The molecule has 2 aromatic heterocycles. The van der Waals surface area contributed by atoms with Crippen molar-refractivity contribution in [2.75, 3.05) is 14.2 Å². The second-order valence-electron chi connectivity index (χ2n) is 10.2. The van der Waals surface area contributed by atoms with Crippen LogP contribution in [0.2, 0.25) is 0 Å². The van der Waals surface area contributed by atoms with Gasteiger partial charge in [-0.3, -0.25) is 19.0 Å². The number of halogens is 1. The minimum absolute atomic E-state index is 0.0799. The van der Waals surface area contributed by atoms with E-state index >= 15 is 4.39 Å². The highest BCUT2D eigenvalue weighted by Crippen LogP contribution is 2.39. The Labute approximate surface area is 231 Å². The molecule has 1 aliphatic carbocycles. The Morgan fingerprint density at radius 1 is 1.25 bits per heavy atom. The van der Waals surface area contributed by atoms with Crippen molar-refractivity contribution in [3.05, 3.63) is 86.8 Å². The van der Waals surface area contributed by atoms with Crippen LogP contribution in [0.5, 0.6) is 0 Å². The van der Waals surface area contributed by atoms with Gasteiger partial charge in [0.1, 0.15) is 11.6 Å². The lowest BCUT2D eigenvalue weighted by molar-refractivity contribution is -0.177. The van der Waals surface area contributed by atoms with E-state index in [1.165, 1.54) is 18.2 Å². The van der Waals surface area contributed by atoms with Crippen LogP contribution in [-0.4, -0.2) is 44.3 Å². The van der Waals surface area contributed by atoms with Crippen molar-refractivity contribution in [1.82, 2.24) is 24.2 Å². The molecule has 0 atom stereocenters. The summed E-state index contributed by atoms with van der Waals surface area (Å²) < 4.78 is 18.9. The SMILES string of the molecule is CCCc1c(Cc2ccc(-c3ccccc3C#N)cc2F)c(=O)n(C2CC(C(=O)N(C)OC)C2)c2nc(C)nn12. The summed E-state index contributed by atoms with van der Waals surface area (Å²) in [4.78, 5) is 36.2. The van der Waals surface area contributed by atoms with E-state index in [2.05, 4.69) is 16.2 Å². The summed E-state index contributed by atoms with van der Waals surface area (Å²) in [5.41, 5.74) is 3.02. The van der Waals surface area contributed by atoms with E-state index < -0.39 is 5.82 Å². The summed E-state index contributed by atoms with van der Waals surface area (Å²) in [5.74, 6) is 0.120. The van der Waals surface area contributed by atoms with E-state index in [0.717, 1.165) is 6.42 Å². The highest BCUT2D eigenvalue weighted by atomic mass is 19.1. The van der Waals surface area contributed by atoms with Gasteiger partial charge in [0.25, 0.3) is 5.56 Å². The molecule has 0 aliphatic heterocycles. The Bertz CT molecular complexity index is 1700. The van der Waals surface area contributed by atoms with Crippen LogP contribution in [0.25, 0.3) is 16.9 Å². The van der Waals surface area contributed by atoms with Gasteiger partial charge in [0, 0.05) is 31.0 Å². The van der Waals surface area contributed by atoms with E-state index in [9.17, 15) is 14.9 Å². The first-order valence-electron chi connectivity index (χ1n) is 13.4. The summed E-state index contributed by atoms with van der Waals surface area (Å²) in [7, 11) is 3.01. The molecule has 10 heteroatoms. The molecule has 0 unspecified atom stereocenters. The lowest BCUT2D eigenvalue weighted by atomic mass is 9.79. The van der Waals surface area contributed by atoms with Crippen LogP contribution in [0.4, 0.5) is 4.39 Å². The first-order chi connectivity index (χ1) is 19.3. The molecular formula is C30H31FN6O3. The van der Waals surface area contributed by atoms with E-state index in [1.54, 1.807) is 53.4 Å². The Balaban J connectivity index is 1.56. The number of hydrogen-bond acceptors (Lipinski definition) is 6. The first kappa shape index (κ1) is 27.2. The van der Waals surface area contributed by atoms with Gasteiger partial charge in [-0.15, -0.1) is 0 Å². The average molecular weight is 543 g/mol. The second-order valence-corrected chi connectivity index (χ2v) is 10.2.